The predicted octanol–water partition coefficient (Wildman–Crippen LogP) is 2.48. The van der Waals surface area contributed by atoms with Crippen LogP contribution in [-0.2, 0) is 14.3 Å². The molecule has 3 N–H and O–H groups in total. The van der Waals surface area contributed by atoms with Crippen LogP contribution in [0.1, 0.15) is 18.6 Å². The number of hydrogen-bond donors (Lipinski definition) is 3. The summed E-state index contributed by atoms with van der Waals surface area (Å²) in [6.45, 7) is 1.90. The molecule has 0 spiro atoms. The number of hydrazine groups is 1. The Labute approximate surface area is 134 Å². The standard InChI is InChI=1S/C17H19N3O3/c1-12(23-2)13-7-6-10-15(11-13)18-16(21)17(22)20-19-14-8-4-3-5-9-14/h3-12,19H,1-2H3,(H,18,21)(H,20,22)/t12-/m1/s1. The largest absolute Gasteiger partial charge is 0.377 e. The number of amides is 2. The first kappa shape index (κ1) is 16.5. The minimum absolute atomic E-state index is 0.0968. The van der Waals surface area contributed by atoms with Crippen LogP contribution >= 0.6 is 0 Å². The Hall–Kier alpha value is -2.86. The second-order valence-corrected chi connectivity index (χ2v) is 4.90. The average Bonchev–Trinajstić information content (AvgIpc) is 2.60. The normalized spacial score (nSPS) is 11.4. The third-order valence-corrected chi connectivity index (χ3v) is 3.27. The molecule has 2 amide bonds. The maximum Gasteiger partial charge on any atom is 0.327 e. The molecule has 0 fully saturated rings. The molecule has 23 heavy (non-hydrogen) atoms. The molecule has 0 aromatic heterocycles. The van der Waals surface area contributed by atoms with E-state index < -0.39 is 11.8 Å². The smallest absolute Gasteiger partial charge is 0.327 e. The Morgan fingerprint density at radius 1 is 0.957 bits per heavy atom. The third-order valence-electron chi connectivity index (χ3n) is 3.27. The van der Waals surface area contributed by atoms with Crippen molar-refractivity contribution in [2.45, 2.75) is 13.0 Å². The van der Waals surface area contributed by atoms with Crippen molar-refractivity contribution in [1.29, 1.82) is 0 Å². The number of anilines is 2. The lowest BCUT2D eigenvalue weighted by molar-refractivity contribution is -0.135. The summed E-state index contributed by atoms with van der Waals surface area (Å²) in [5, 5.41) is 2.55. The van der Waals surface area contributed by atoms with Gasteiger partial charge in [0, 0.05) is 12.8 Å². The van der Waals surface area contributed by atoms with Crippen molar-refractivity contribution in [2.75, 3.05) is 17.9 Å². The summed E-state index contributed by atoms with van der Waals surface area (Å²) in [5.74, 6) is -1.53. The summed E-state index contributed by atoms with van der Waals surface area (Å²) in [7, 11) is 1.61. The molecule has 0 aliphatic carbocycles. The summed E-state index contributed by atoms with van der Waals surface area (Å²) in [6.07, 6.45) is -0.0968. The molecule has 0 aliphatic rings. The Bertz CT molecular complexity index is 674. The van der Waals surface area contributed by atoms with E-state index in [1.165, 1.54) is 0 Å². The topological polar surface area (TPSA) is 79.5 Å². The van der Waals surface area contributed by atoms with E-state index in [9.17, 15) is 9.59 Å². The number of ether oxygens (including phenoxy) is 1. The highest BCUT2D eigenvalue weighted by molar-refractivity contribution is 6.39. The second-order valence-electron chi connectivity index (χ2n) is 4.90. The number of methoxy groups -OCH3 is 1. The SMILES string of the molecule is CO[C@H](C)c1cccc(NC(=O)C(=O)NNc2ccccc2)c1. The van der Waals surface area contributed by atoms with Gasteiger partial charge in [-0.15, -0.1) is 0 Å². The monoisotopic (exact) mass is 313 g/mol. The van der Waals surface area contributed by atoms with Gasteiger partial charge in [-0.05, 0) is 36.8 Å². The van der Waals surface area contributed by atoms with Crippen molar-refractivity contribution >= 4 is 23.2 Å². The molecule has 0 aliphatic heterocycles. The number of carbonyl (C=O) groups is 2. The number of rotatable bonds is 5. The van der Waals surface area contributed by atoms with E-state index in [-0.39, 0.29) is 6.10 Å². The van der Waals surface area contributed by atoms with Gasteiger partial charge in [-0.1, -0.05) is 30.3 Å². The first-order valence-electron chi connectivity index (χ1n) is 7.15. The minimum Gasteiger partial charge on any atom is -0.377 e. The molecule has 0 saturated carbocycles. The number of para-hydroxylation sites is 1. The van der Waals surface area contributed by atoms with E-state index in [1.807, 2.05) is 31.2 Å². The quantitative estimate of drug-likeness (QED) is 0.585. The highest BCUT2D eigenvalue weighted by Crippen LogP contribution is 2.19. The predicted molar refractivity (Wildman–Crippen MR) is 88.7 cm³/mol. The van der Waals surface area contributed by atoms with Gasteiger partial charge in [0.25, 0.3) is 0 Å². The van der Waals surface area contributed by atoms with Crippen LogP contribution in [0.15, 0.2) is 54.6 Å². The van der Waals surface area contributed by atoms with Gasteiger partial charge in [0.15, 0.2) is 0 Å². The van der Waals surface area contributed by atoms with Gasteiger partial charge in [0.05, 0.1) is 11.8 Å². The second kappa shape index (κ2) is 7.95. The van der Waals surface area contributed by atoms with Gasteiger partial charge in [-0.25, -0.2) is 0 Å². The molecule has 2 aromatic rings. The molecule has 2 rings (SSSR count). The Morgan fingerprint density at radius 2 is 1.65 bits per heavy atom. The maximum atomic E-state index is 11.9. The van der Waals surface area contributed by atoms with Crippen molar-refractivity contribution in [3.63, 3.8) is 0 Å². The van der Waals surface area contributed by atoms with Crippen molar-refractivity contribution in [3.05, 3.63) is 60.2 Å². The lowest BCUT2D eigenvalue weighted by Gasteiger charge is -2.12. The van der Waals surface area contributed by atoms with E-state index in [1.54, 1.807) is 37.4 Å². The molecule has 2 aromatic carbocycles. The molecule has 0 heterocycles. The van der Waals surface area contributed by atoms with E-state index in [4.69, 9.17) is 4.74 Å². The number of hydrogen-bond acceptors (Lipinski definition) is 4. The molecular weight excluding hydrogens is 294 g/mol. The first-order valence-corrected chi connectivity index (χ1v) is 7.15. The van der Waals surface area contributed by atoms with Crippen LogP contribution in [0, 0.1) is 0 Å². The summed E-state index contributed by atoms with van der Waals surface area (Å²) in [4.78, 5) is 23.7. The fraction of sp³-hybridized carbons (Fsp3) is 0.176. The Morgan fingerprint density at radius 3 is 2.35 bits per heavy atom. The van der Waals surface area contributed by atoms with E-state index in [2.05, 4.69) is 16.2 Å². The molecule has 6 nitrogen and oxygen atoms in total. The molecule has 0 saturated heterocycles. The van der Waals surface area contributed by atoms with Crippen LogP contribution < -0.4 is 16.2 Å². The zero-order chi connectivity index (χ0) is 16.7. The highest BCUT2D eigenvalue weighted by Gasteiger charge is 2.14. The molecule has 6 heteroatoms. The number of benzene rings is 2. The molecule has 0 radical (unpaired) electrons. The van der Waals surface area contributed by atoms with Crippen molar-refractivity contribution in [3.8, 4) is 0 Å². The van der Waals surface area contributed by atoms with Gasteiger partial charge in [0.2, 0.25) is 0 Å². The highest BCUT2D eigenvalue weighted by atomic mass is 16.5. The molecule has 0 bridgehead atoms. The van der Waals surface area contributed by atoms with E-state index in [0.717, 1.165) is 5.56 Å². The molecule has 120 valence electrons. The maximum absolute atomic E-state index is 11.9. The Balaban J connectivity index is 1.92. The van der Waals surface area contributed by atoms with Crippen molar-refractivity contribution in [2.24, 2.45) is 0 Å². The van der Waals surface area contributed by atoms with Crippen LogP contribution in [-0.4, -0.2) is 18.9 Å². The van der Waals surface area contributed by atoms with Gasteiger partial charge in [0.1, 0.15) is 0 Å². The number of nitrogens with one attached hydrogen (secondary N) is 3. The van der Waals surface area contributed by atoms with Crippen LogP contribution in [0.2, 0.25) is 0 Å². The summed E-state index contributed by atoms with van der Waals surface area (Å²) in [5.41, 5.74) is 7.14. The summed E-state index contributed by atoms with van der Waals surface area (Å²) >= 11 is 0. The van der Waals surface area contributed by atoms with E-state index in [0.29, 0.717) is 11.4 Å². The molecular formula is C17H19N3O3. The Kier molecular flexibility index (Phi) is 5.71. The first-order chi connectivity index (χ1) is 11.1. The van der Waals surface area contributed by atoms with Crippen LogP contribution in [0.5, 0.6) is 0 Å². The van der Waals surface area contributed by atoms with Gasteiger partial charge in [-0.3, -0.25) is 20.4 Å². The zero-order valence-corrected chi connectivity index (χ0v) is 13.0. The zero-order valence-electron chi connectivity index (χ0n) is 13.0. The average molecular weight is 313 g/mol. The van der Waals surface area contributed by atoms with Gasteiger partial charge < -0.3 is 10.1 Å². The fourth-order valence-corrected chi connectivity index (χ4v) is 1.90. The van der Waals surface area contributed by atoms with E-state index >= 15 is 0 Å². The van der Waals surface area contributed by atoms with Gasteiger partial charge in [-0.2, -0.15) is 0 Å². The third kappa shape index (κ3) is 4.82. The minimum atomic E-state index is -0.779. The lowest BCUT2D eigenvalue weighted by atomic mass is 10.1. The van der Waals surface area contributed by atoms with Gasteiger partial charge >= 0.3 is 11.8 Å². The lowest BCUT2D eigenvalue weighted by Crippen LogP contribution is -2.38. The van der Waals surface area contributed by atoms with Crippen LogP contribution in [0.25, 0.3) is 0 Å². The summed E-state index contributed by atoms with van der Waals surface area (Å²) < 4.78 is 5.23. The fourth-order valence-electron chi connectivity index (χ4n) is 1.90. The number of carbonyl (C=O) groups excluding carboxylic acids is 2. The van der Waals surface area contributed by atoms with Crippen LogP contribution in [0.4, 0.5) is 11.4 Å². The molecule has 0 unspecified atom stereocenters. The summed E-state index contributed by atoms with van der Waals surface area (Å²) in [6, 6.07) is 16.2. The van der Waals surface area contributed by atoms with Crippen molar-refractivity contribution < 1.29 is 14.3 Å². The molecule has 1 atom stereocenters. The van der Waals surface area contributed by atoms with Crippen LogP contribution in [0.3, 0.4) is 0 Å². The van der Waals surface area contributed by atoms with Crippen molar-refractivity contribution in [1.82, 2.24) is 5.43 Å².